The van der Waals surface area contributed by atoms with Gasteiger partial charge in [-0.15, -0.1) is 45.3 Å². The second-order valence-electron chi connectivity index (χ2n) is 26.4. The van der Waals surface area contributed by atoms with Crippen LogP contribution in [0.2, 0.25) is 0 Å². The lowest BCUT2D eigenvalue weighted by Gasteiger charge is -2.11. The van der Waals surface area contributed by atoms with Gasteiger partial charge < -0.3 is 4.42 Å². The Hall–Kier alpha value is -12.9. The average molecular weight is 1430 g/mol. The molecule has 1 aliphatic rings. The first-order valence-corrected chi connectivity index (χ1v) is 38.3. The average Bonchev–Trinajstić information content (AvgIpc) is 1.64. The molecular formula is C93H54N8OS4. The van der Waals surface area contributed by atoms with Crippen LogP contribution < -0.4 is 0 Å². The van der Waals surface area contributed by atoms with Crippen molar-refractivity contribution in [2.45, 2.75) is 6.42 Å². The van der Waals surface area contributed by atoms with Crippen molar-refractivity contribution in [3.05, 3.63) is 327 Å². The number of benzene rings is 14. The fraction of sp³-hybridized carbons (Fsp3) is 0.0108. The molecule has 0 unspecified atom stereocenters. The van der Waals surface area contributed by atoms with Gasteiger partial charge in [0, 0.05) is 95.6 Å². The van der Waals surface area contributed by atoms with Crippen molar-refractivity contribution in [1.82, 2.24) is 39.9 Å². The number of fused-ring (bicyclic) bond motifs is 14. The fourth-order valence-corrected chi connectivity index (χ4v) is 19.2. The van der Waals surface area contributed by atoms with Crippen molar-refractivity contribution in [3.8, 4) is 123 Å². The summed E-state index contributed by atoms with van der Waals surface area (Å²) in [6.45, 7) is 0. The summed E-state index contributed by atoms with van der Waals surface area (Å²) >= 11 is 7.07. The van der Waals surface area contributed by atoms with Crippen LogP contribution in [-0.4, -0.2) is 39.9 Å². The Balaban J connectivity index is 0.000000136. The molecule has 1 aliphatic carbocycles. The number of hydrogen-bond acceptors (Lipinski definition) is 13. The van der Waals surface area contributed by atoms with Crippen molar-refractivity contribution < 1.29 is 4.42 Å². The number of rotatable bonds is 10. The zero-order valence-corrected chi connectivity index (χ0v) is 59.6. The van der Waals surface area contributed by atoms with Gasteiger partial charge in [-0.05, 0) is 130 Å². The quantitative estimate of drug-likeness (QED) is 0.132. The van der Waals surface area contributed by atoms with Gasteiger partial charge in [0.1, 0.15) is 21.2 Å². The van der Waals surface area contributed by atoms with E-state index in [2.05, 4.69) is 224 Å². The summed E-state index contributed by atoms with van der Waals surface area (Å²) in [5.74, 6) is 3.88. The zero-order chi connectivity index (χ0) is 69.8. The third-order valence-electron chi connectivity index (χ3n) is 20.0. The van der Waals surface area contributed by atoms with Crippen LogP contribution >= 0.6 is 45.3 Å². The number of nitrogens with zero attached hydrogens (tertiary/aromatic N) is 8. The van der Waals surface area contributed by atoms with Crippen molar-refractivity contribution in [2.24, 2.45) is 0 Å². The second-order valence-corrected chi connectivity index (χ2v) is 30.7. The minimum Gasteiger partial charge on any atom is -0.456 e. The third kappa shape index (κ3) is 10.9. The first-order valence-electron chi connectivity index (χ1n) is 35.0. The molecule has 0 bridgehead atoms. The van der Waals surface area contributed by atoms with Gasteiger partial charge in [0.15, 0.2) is 34.9 Å². The molecule has 7 aromatic heterocycles. The summed E-state index contributed by atoms with van der Waals surface area (Å²) in [7, 11) is 0. The molecule has 0 amide bonds. The van der Waals surface area contributed by atoms with Crippen molar-refractivity contribution in [1.29, 1.82) is 0 Å². The Morgan fingerprint density at radius 3 is 1.21 bits per heavy atom. The van der Waals surface area contributed by atoms with Crippen LogP contribution in [0.3, 0.4) is 0 Å². The molecule has 13 heteroatoms. The van der Waals surface area contributed by atoms with Crippen molar-refractivity contribution in [3.63, 3.8) is 0 Å². The Bertz CT molecular complexity index is 7030. The molecule has 0 saturated carbocycles. The molecule has 0 saturated heterocycles. The molecule has 496 valence electrons. The van der Waals surface area contributed by atoms with Gasteiger partial charge in [-0.25, -0.2) is 39.9 Å². The minimum atomic E-state index is 0.609. The molecule has 0 fully saturated rings. The molecule has 14 aromatic carbocycles. The standard InChI is InChI=1S/C47H28N4S2.C46H26N4OS2/c1-2-10-28(11-3-1)44-49-45(33-21-20-32-25-31-12-4-5-15-35(31)38(32)26-33)51-46(50-44)37-16-9-19-41-43(37)36-23-22-30(27-42(36)52-41)29-13-8-14-34(24-29)47-48-39-17-6-7-18-40(39)53-47;1-2-11-27(12-3-1)43-48-44(33-16-9-20-37-41(33)31-15-4-6-19-36(31)51-37)50-45(49-43)34-17-10-22-39-42(34)32-24-23-29(26-40(32)52-39)28-13-8-14-30(25-28)46-47-35-18-5-7-21-38(35)53-46/h1-24,26-27H,25H2;1-26H. The van der Waals surface area contributed by atoms with E-state index >= 15 is 0 Å². The van der Waals surface area contributed by atoms with E-state index in [0.717, 1.165) is 105 Å². The molecular weight excluding hydrogens is 1370 g/mol. The van der Waals surface area contributed by atoms with Crippen LogP contribution in [0.15, 0.2) is 320 Å². The molecule has 21 aromatic rings. The molecule has 0 N–H and O–H groups in total. The summed E-state index contributed by atoms with van der Waals surface area (Å²) in [4.78, 5) is 40.7. The minimum absolute atomic E-state index is 0.609. The second kappa shape index (κ2) is 25.5. The van der Waals surface area contributed by atoms with Crippen LogP contribution in [-0.2, 0) is 6.42 Å². The van der Waals surface area contributed by atoms with Crippen LogP contribution in [0.1, 0.15) is 11.1 Å². The molecule has 106 heavy (non-hydrogen) atoms. The number of hydrogen-bond donors (Lipinski definition) is 0. The van der Waals surface area contributed by atoms with Gasteiger partial charge in [0.2, 0.25) is 0 Å². The van der Waals surface area contributed by atoms with E-state index in [0.29, 0.717) is 34.9 Å². The first kappa shape index (κ1) is 61.8. The van der Waals surface area contributed by atoms with Crippen LogP contribution in [0.25, 0.3) is 206 Å². The monoisotopic (exact) mass is 1430 g/mol. The van der Waals surface area contributed by atoms with E-state index in [4.69, 9.17) is 44.3 Å². The molecule has 0 radical (unpaired) electrons. The zero-order valence-electron chi connectivity index (χ0n) is 56.3. The van der Waals surface area contributed by atoms with E-state index in [-0.39, 0.29) is 0 Å². The highest BCUT2D eigenvalue weighted by Gasteiger charge is 2.24. The Morgan fingerprint density at radius 1 is 0.217 bits per heavy atom. The SMILES string of the molecule is c1ccc(-c2nc(-c3ccc4c(c3)-c3ccccc3C4)nc(-c3cccc4sc5cc(-c6cccc(-c7nc8ccccc8s7)c6)ccc5c34)n2)cc1.c1ccc(-c2nc(-c3cccc4oc5ccccc5c34)nc(-c3cccc4sc5cc(-c6cccc(-c7nc8ccccc8s7)c6)ccc5c34)n2)cc1. The number of thiazole rings is 2. The largest absolute Gasteiger partial charge is 0.456 e. The molecule has 22 rings (SSSR count). The maximum absolute atomic E-state index is 6.25. The number of para-hydroxylation sites is 3. The number of aromatic nitrogens is 8. The maximum atomic E-state index is 6.25. The Kier molecular flexibility index (Phi) is 14.9. The number of thiophene rings is 2. The molecule has 0 atom stereocenters. The maximum Gasteiger partial charge on any atom is 0.164 e. The van der Waals surface area contributed by atoms with Gasteiger partial charge in [0.05, 0.1) is 20.4 Å². The first-order chi connectivity index (χ1) is 52.4. The van der Waals surface area contributed by atoms with Gasteiger partial charge in [-0.2, -0.15) is 0 Å². The van der Waals surface area contributed by atoms with Gasteiger partial charge in [-0.1, -0.05) is 237 Å². The molecule has 7 heterocycles. The predicted molar refractivity (Wildman–Crippen MR) is 442 cm³/mol. The van der Waals surface area contributed by atoms with Gasteiger partial charge in [0.25, 0.3) is 0 Å². The normalized spacial score (nSPS) is 11.9. The van der Waals surface area contributed by atoms with Crippen LogP contribution in [0.4, 0.5) is 0 Å². The van der Waals surface area contributed by atoms with E-state index in [1.807, 2.05) is 102 Å². The summed E-state index contributed by atoms with van der Waals surface area (Å²) in [5, 5.41) is 8.79. The van der Waals surface area contributed by atoms with Crippen LogP contribution in [0, 0.1) is 0 Å². The van der Waals surface area contributed by atoms with E-state index in [1.165, 1.54) is 83.3 Å². The lowest BCUT2D eigenvalue weighted by molar-refractivity contribution is 0.669. The fourth-order valence-electron chi connectivity index (χ4n) is 14.9. The van der Waals surface area contributed by atoms with E-state index in [1.54, 1.807) is 34.0 Å². The van der Waals surface area contributed by atoms with E-state index < -0.39 is 0 Å². The lowest BCUT2D eigenvalue weighted by atomic mass is 10.00. The summed E-state index contributed by atoms with van der Waals surface area (Å²) in [6.07, 6.45) is 0.951. The number of furan rings is 1. The van der Waals surface area contributed by atoms with Crippen molar-refractivity contribution >= 4 is 128 Å². The summed E-state index contributed by atoms with van der Waals surface area (Å²) < 4.78 is 13.5. The van der Waals surface area contributed by atoms with E-state index in [9.17, 15) is 0 Å². The van der Waals surface area contributed by atoms with Gasteiger partial charge >= 0.3 is 0 Å². The topological polar surface area (TPSA) is 116 Å². The summed E-state index contributed by atoms with van der Waals surface area (Å²) in [5.41, 5.74) is 21.7. The summed E-state index contributed by atoms with van der Waals surface area (Å²) in [6, 6.07) is 110. The van der Waals surface area contributed by atoms with Crippen LogP contribution in [0.5, 0.6) is 0 Å². The molecule has 0 spiro atoms. The molecule has 0 aliphatic heterocycles. The third-order valence-corrected chi connectivity index (χ3v) is 24.4. The van der Waals surface area contributed by atoms with Crippen molar-refractivity contribution in [2.75, 3.05) is 0 Å². The lowest BCUT2D eigenvalue weighted by Crippen LogP contribution is -2.00. The Labute approximate surface area is 623 Å². The highest BCUT2D eigenvalue weighted by atomic mass is 32.1. The molecule has 9 nitrogen and oxygen atoms in total. The van der Waals surface area contributed by atoms with Gasteiger partial charge in [-0.3, -0.25) is 0 Å². The predicted octanol–water partition coefficient (Wildman–Crippen LogP) is 25.8. The smallest absolute Gasteiger partial charge is 0.164 e. The highest BCUT2D eigenvalue weighted by molar-refractivity contribution is 7.26. The highest BCUT2D eigenvalue weighted by Crippen LogP contribution is 2.47. The Morgan fingerprint density at radius 2 is 0.623 bits per heavy atom.